The molecule has 0 aliphatic heterocycles. The molecule has 33 heavy (non-hydrogen) atoms. The molecule has 0 aliphatic rings. The summed E-state index contributed by atoms with van der Waals surface area (Å²) in [6.07, 6.45) is 14.2. The van der Waals surface area contributed by atoms with Crippen LogP contribution in [0.3, 0.4) is 0 Å². The summed E-state index contributed by atoms with van der Waals surface area (Å²) < 4.78 is 0. The van der Waals surface area contributed by atoms with E-state index in [1.54, 1.807) is 0 Å². The van der Waals surface area contributed by atoms with E-state index in [4.69, 9.17) is 0 Å². The first-order valence-corrected chi connectivity index (χ1v) is 11.2. The number of carboxylic acids is 2. The van der Waals surface area contributed by atoms with E-state index < -0.39 is 24.0 Å². The first-order chi connectivity index (χ1) is 15.0. The number of carbonyl (C=O) groups excluding carboxylic acids is 4. The molecule has 2 amide bonds. The zero-order chi connectivity index (χ0) is 25.1. The van der Waals surface area contributed by atoms with Crippen molar-refractivity contribution in [3.8, 4) is 0 Å². The van der Waals surface area contributed by atoms with Gasteiger partial charge in [0.25, 0.3) is 0 Å². The Bertz CT molecular complexity index is 582. The van der Waals surface area contributed by atoms with Crippen LogP contribution in [0.5, 0.6) is 0 Å². The fourth-order valence-corrected chi connectivity index (χ4v) is 2.32. The number of likely N-dealkylation sites (N-methyl/N-ethyl adjacent to an activating group) is 2. The fourth-order valence-electron chi connectivity index (χ4n) is 2.32. The van der Waals surface area contributed by atoms with E-state index >= 15 is 0 Å². The Morgan fingerprint density at radius 3 is 1.18 bits per heavy atom. The standard InChI is InChI=1S/2C12H21NO3.Ca/c2*1-4-5-6-7-8-9-11(14)13(3)10(2)12(15)16;/h2*6-7,10H,4-5,8-9H2,1-3H3,(H,15,16);/q;;+2/p-2/b2*7-6+;. The number of allylic oxidation sites excluding steroid dienone is 4. The molecule has 0 aromatic rings. The summed E-state index contributed by atoms with van der Waals surface area (Å²) in [4.78, 5) is 46.6. The molecule has 9 heteroatoms. The summed E-state index contributed by atoms with van der Waals surface area (Å²) in [5.41, 5.74) is 0. The van der Waals surface area contributed by atoms with Gasteiger partial charge in [-0.05, 0) is 39.5 Å². The molecule has 0 aliphatic carbocycles. The molecule has 0 saturated carbocycles. The maximum absolute atomic E-state index is 11.5. The SMILES string of the molecule is CCC/C=C/CCC(=O)N(C)C(C)C(=O)[O-].CCC/C=C/CCC(=O)N(C)C(C)C(=O)[O-].[Ca+2]. The van der Waals surface area contributed by atoms with Crippen molar-refractivity contribution in [3.05, 3.63) is 24.3 Å². The van der Waals surface area contributed by atoms with E-state index in [-0.39, 0.29) is 49.6 Å². The van der Waals surface area contributed by atoms with Gasteiger partial charge >= 0.3 is 37.7 Å². The minimum atomic E-state index is -1.22. The van der Waals surface area contributed by atoms with E-state index in [2.05, 4.69) is 13.8 Å². The van der Waals surface area contributed by atoms with Crippen molar-refractivity contribution < 1.29 is 29.4 Å². The second kappa shape index (κ2) is 22.4. The van der Waals surface area contributed by atoms with Crippen molar-refractivity contribution in [2.75, 3.05) is 14.1 Å². The van der Waals surface area contributed by atoms with E-state index in [9.17, 15) is 29.4 Å². The van der Waals surface area contributed by atoms with Gasteiger partial charge < -0.3 is 29.6 Å². The number of nitrogens with zero attached hydrogens (tertiary/aromatic N) is 2. The van der Waals surface area contributed by atoms with Gasteiger partial charge in [0.1, 0.15) is 0 Å². The van der Waals surface area contributed by atoms with Gasteiger partial charge in [0, 0.05) is 26.9 Å². The van der Waals surface area contributed by atoms with Gasteiger partial charge in [-0.25, -0.2) is 0 Å². The minimum Gasteiger partial charge on any atom is -0.548 e. The Labute approximate surface area is 229 Å². The Morgan fingerprint density at radius 1 is 0.667 bits per heavy atom. The zero-order valence-corrected chi connectivity index (χ0v) is 23.4. The largest absolute Gasteiger partial charge is 2.00 e. The normalized spacial score (nSPS) is 12.3. The van der Waals surface area contributed by atoms with E-state index in [0.717, 1.165) is 25.7 Å². The average molecular weight is 493 g/mol. The first-order valence-electron chi connectivity index (χ1n) is 11.2. The zero-order valence-electron chi connectivity index (χ0n) is 21.2. The second-order valence-electron chi connectivity index (χ2n) is 7.60. The maximum atomic E-state index is 11.5. The number of carboxylic acid groups (broad SMARTS) is 2. The molecule has 0 aromatic carbocycles. The van der Waals surface area contributed by atoms with Gasteiger partial charge in [-0.1, -0.05) is 51.0 Å². The fraction of sp³-hybridized carbons (Fsp3) is 0.667. The summed E-state index contributed by atoms with van der Waals surface area (Å²) in [5, 5.41) is 21.1. The first kappa shape index (κ1) is 36.2. The van der Waals surface area contributed by atoms with Gasteiger partial charge in [0.2, 0.25) is 11.8 Å². The van der Waals surface area contributed by atoms with Crippen LogP contribution in [0.2, 0.25) is 0 Å². The van der Waals surface area contributed by atoms with Crippen molar-refractivity contribution in [1.29, 1.82) is 0 Å². The minimum absolute atomic E-state index is 0. The summed E-state index contributed by atoms with van der Waals surface area (Å²) in [5.74, 6) is -2.79. The van der Waals surface area contributed by atoms with E-state index in [1.807, 2.05) is 24.3 Å². The summed E-state index contributed by atoms with van der Waals surface area (Å²) in [6, 6.07) is -1.74. The summed E-state index contributed by atoms with van der Waals surface area (Å²) >= 11 is 0. The Morgan fingerprint density at radius 2 is 0.939 bits per heavy atom. The molecule has 0 rings (SSSR count). The van der Waals surface area contributed by atoms with Crippen molar-refractivity contribution in [3.63, 3.8) is 0 Å². The maximum Gasteiger partial charge on any atom is 2.00 e. The molecule has 0 N–H and O–H groups in total. The predicted octanol–water partition coefficient (Wildman–Crippen LogP) is 1.06. The molecule has 0 aromatic heterocycles. The molecule has 184 valence electrons. The molecule has 0 spiro atoms. The van der Waals surface area contributed by atoms with Crippen LogP contribution in [0.15, 0.2) is 24.3 Å². The van der Waals surface area contributed by atoms with Gasteiger partial charge in [-0.15, -0.1) is 0 Å². The third-order valence-corrected chi connectivity index (χ3v) is 4.92. The molecule has 0 fully saturated rings. The van der Waals surface area contributed by atoms with Crippen molar-refractivity contribution in [2.45, 2.75) is 91.1 Å². The van der Waals surface area contributed by atoms with E-state index in [1.165, 1.54) is 37.7 Å². The van der Waals surface area contributed by atoms with Gasteiger partial charge in [-0.3, -0.25) is 9.59 Å². The summed E-state index contributed by atoms with van der Waals surface area (Å²) in [7, 11) is 2.97. The Kier molecular flexibility index (Phi) is 24.6. The van der Waals surface area contributed by atoms with Crippen LogP contribution in [0, 0.1) is 0 Å². The Balaban J connectivity index is -0.000000529. The molecule has 0 saturated heterocycles. The third kappa shape index (κ3) is 18.7. The number of unbranched alkanes of at least 4 members (excludes halogenated alkanes) is 2. The molecule has 0 bridgehead atoms. The van der Waals surface area contributed by atoms with Crippen LogP contribution in [-0.2, 0) is 19.2 Å². The third-order valence-electron chi connectivity index (χ3n) is 4.92. The number of rotatable bonds is 14. The van der Waals surface area contributed by atoms with Crippen LogP contribution in [0.4, 0.5) is 0 Å². The van der Waals surface area contributed by atoms with Crippen LogP contribution < -0.4 is 10.2 Å². The van der Waals surface area contributed by atoms with Crippen LogP contribution in [0.1, 0.15) is 79.1 Å². The van der Waals surface area contributed by atoms with Gasteiger partial charge in [0.05, 0.1) is 24.0 Å². The molecule has 0 radical (unpaired) electrons. The quantitative estimate of drug-likeness (QED) is 0.264. The molecule has 0 heterocycles. The number of carbonyl (C=O) groups is 4. The number of amides is 2. The van der Waals surface area contributed by atoms with Crippen LogP contribution in [-0.4, -0.2) is 97.5 Å². The predicted molar refractivity (Wildman–Crippen MR) is 127 cm³/mol. The molecular weight excluding hydrogens is 452 g/mol. The van der Waals surface area contributed by atoms with Gasteiger partial charge in [-0.2, -0.15) is 0 Å². The number of hydrogen-bond donors (Lipinski definition) is 0. The van der Waals surface area contributed by atoms with Crippen molar-refractivity contribution >= 4 is 61.5 Å². The van der Waals surface area contributed by atoms with Gasteiger partial charge in [0.15, 0.2) is 0 Å². The molecule has 2 atom stereocenters. The number of hydrogen-bond acceptors (Lipinski definition) is 6. The van der Waals surface area contributed by atoms with Crippen molar-refractivity contribution in [2.24, 2.45) is 0 Å². The number of aliphatic carboxylic acids is 2. The van der Waals surface area contributed by atoms with E-state index in [0.29, 0.717) is 25.7 Å². The van der Waals surface area contributed by atoms with Crippen LogP contribution in [0.25, 0.3) is 0 Å². The molecule has 2 unspecified atom stereocenters. The van der Waals surface area contributed by atoms with Crippen molar-refractivity contribution in [1.82, 2.24) is 9.80 Å². The van der Waals surface area contributed by atoms with Crippen LogP contribution >= 0.6 is 0 Å². The second-order valence-corrected chi connectivity index (χ2v) is 7.60. The smallest absolute Gasteiger partial charge is 0.548 e. The topological polar surface area (TPSA) is 121 Å². The monoisotopic (exact) mass is 492 g/mol. The summed E-state index contributed by atoms with van der Waals surface area (Å²) in [6.45, 7) is 7.07. The Hall–Kier alpha value is -1.38. The molecular formula is C24H40CaN2O6. The molecule has 8 nitrogen and oxygen atoms in total. The average Bonchev–Trinajstić information content (AvgIpc) is 2.76.